The number of non-ortho nitro benzene ring substituents is 1. The topological polar surface area (TPSA) is 100 Å². The summed E-state index contributed by atoms with van der Waals surface area (Å²) in [5, 5.41) is 22.6. The van der Waals surface area contributed by atoms with Crippen molar-refractivity contribution in [3.05, 3.63) is 141 Å². The van der Waals surface area contributed by atoms with Gasteiger partial charge in [-0.3, -0.25) is 19.9 Å². The highest BCUT2D eigenvalue weighted by Gasteiger charge is 2.30. The van der Waals surface area contributed by atoms with Crippen molar-refractivity contribution in [1.29, 1.82) is 0 Å². The van der Waals surface area contributed by atoms with Gasteiger partial charge in [0.2, 0.25) is 0 Å². The van der Waals surface area contributed by atoms with Crippen LogP contribution in [0, 0.1) is 10.1 Å². The van der Waals surface area contributed by atoms with Crippen molar-refractivity contribution in [3.8, 4) is 0 Å². The summed E-state index contributed by atoms with van der Waals surface area (Å²) in [5.41, 5.74) is 7.17. The Morgan fingerprint density at radius 1 is 1.00 bits per heavy atom. The number of nitro groups is 1. The van der Waals surface area contributed by atoms with Crippen LogP contribution in [0.4, 0.5) is 11.4 Å². The molecule has 1 aliphatic rings. The van der Waals surface area contributed by atoms with Gasteiger partial charge in [0.25, 0.3) is 11.6 Å². The Morgan fingerprint density at radius 2 is 1.74 bits per heavy atom. The van der Waals surface area contributed by atoms with E-state index in [-0.39, 0.29) is 16.7 Å². The lowest BCUT2D eigenvalue weighted by atomic mass is 9.98. The number of amides is 1. The van der Waals surface area contributed by atoms with Crippen LogP contribution in [0.5, 0.6) is 0 Å². The minimum atomic E-state index is -0.400. The van der Waals surface area contributed by atoms with Gasteiger partial charge in [-0.25, -0.2) is 5.43 Å². The SMILES string of the molecule is O=C(N/N=C/c1ccc(N2N=C(c3ccccc3)CC2c2cccc([N+](=O)[O-])c2)cc1)c1ccccc1Cl. The molecule has 1 amide bonds. The van der Waals surface area contributed by atoms with Crippen LogP contribution >= 0.6 is 11.6 Å². The molecule has 0 radical (unpaired) electrons. The molecule has 188 valence electrons. The molecule has 0 aromatic heterocycles. The Labute approximate surface area is 224 Å². The molecule has 38 heavy (non-hydrogen) atoms. The summed E-state index contributed by atoms with van der Waals surface area (Å²) >= 11 is 6.06. The van der Waals surface area contributed by atoms with Gasteiger partial charge in [-0.1, -0.05) is 78.3 Å². The number of hydrazone groups is 2. The molecule has 4 aromatic rings. The molecule has 0 bridgehead atoms. The lowest BCUT2D eigenvalue weighted by molar-refractivity contribution is -0.384. The fourth-order valence-electron chi connectivity index (χ4n) is 4.24. The third kappa shape index (κ3) is 5.45. The maximum absolute atomic E-state index is 12.3. The van der Waals surface area contributed by atoms with E-state index in [4.69, 9.17) is 16.7 Å². The minimum Gasteiger partial charge on any atom is -0.267 e. The second kappa shape index (κ2) is 11.1. The van der Waals surface area contributed by atoms with E-state index < -0.39 is 5.91 Å². The lowest BCUT2D eigenvalue weighted by Crippen LogP contribution is -2.19. The smallest absolute Gasteiger partial charge is 0.267 e. The standard InChI is InChI=1S/C29H22ClN5O3/c30-26-12-5-4-11-25(26)29(36)32-31-19-20-13-15-23(16-14-20)34-28(22-9-6-10-24(17-22)35(37)38)18-27(33-34)21-7-2-1-3-8-21/h1-17,19,28H,18H2,(H,32,36)/b31-19+. The molecule has 0 saturated heterocycles. The first-order valence-electron chi connectivity index (χ1n) is 11.8. The highest BCUT2D eigenvalue weighted by Crippen LogP contribution is 2.37. The zero-order valence-electron chi connectivity index (χ0n) is 20.1. The van der Waals surface area contributed by atoms with Gasteiger partial charge in [-0.15, -0.1) is 0 Å². The molecule has 1 unspecified atom stereocenters. The van der Waals surface area contributed by atoms with E-state index in [1.165, 1.54) is 6.07 Å². The maximum atomic E-state index is 12.3. The Balaban J connectivity index is 1.38. The van der Waals surface area contributed by atoms with Crippen LogP contribution in [0.2, 0.25) is 5.02 Å². The number of hydrogen-bond donors (Lipinski definition) is 1. The van der Waals surface area contributed by atoms with E-state index in [1.54, 1.807) is 42.6 Å². The largest absolute Gasteiger partial charge is 0.272 e. The van der Waals surface area contributed by atoms with Crippen molar-refractivity contribution >= 4 is 40.8 Å². The van der Waals surface area contributed by atoms with E-state index in [0.29, 0.717) is 17.0 Å². The second-order valence-corrected chi connectivity index (χ2v) is 9.01. The van der Waals surface area contributed by atoms with Crippen LogP contribution in [0.3, 0.4) is 0 Å². The monoisotopic (exact) mass is 523 g/mol. The van der Waals surface area contributed by atoms with Crippen molar-refractivity contribution < 1.29 is 9.72 Å². The number of halogens is 1. The molecular formula is C29H22ClN5O3. The van der Waals surface area contributed by atoms with Crippen LogP contribution < -0.4 is 10.4 Å². The first-order chi connectivity index (χ1) is 18.5. The first-order valence-corrected chi connectivity index (χ1v) is 12.2. The molecule has 1 atom stereocenters. The van der Waals surface area contributed by atoms with E-state index in [1.807, 2.05) is 65.7 Å². The predicted molar refractivity (Wildman–Crippen MR) is 149 cm³/mol. The van der Waals surface area contributed by atoms with E-state index in [0.717, 1.165) is 28.1 Å². The molecule has 4 aromatic carbocycles. The fraction of sp³-hybridized carbons (Fsp3) is 0.0690. The fourth-order valence-corrected chi connectivity index (χ4v) is 4.46. The van der Waals surface area contributed by atoms with Gasteiger partial charge in [0, 0.05) is 18.6 Å². The summed E-state index contributed by atoms with van der Waals surface area (Å²) in [6.45, 7) is 0. The van der Waals surface area contributed by atoms with Crippen LogP contribution in [0.1, 0.15) is 39.5 Å². The minimum absolute atomic E-state index is 0.0426. The normalized spacial score (nSPS) is 14.9. The molecule has 5 rings (SSSR count). The van der Waals surface area contributed by atoms with Crippen molar-refractivity contribution in [3.63, 3.8) is 0 Å². The molecular weight excluding hydrogens is 502 g/mol. The number of rotatable bonds is 7. The summed E-state index contributed by atoms with van der Waals surface area (Å²) < 4.78 is 0. The number of benzene rings is 4. The average Bonchev–Trinajstić information content (AvgIpc) is 3.40. The number of anilines is 1. The van der Waals surface area contributed by atoms with Gasteiger partial charge in [0.15, 0.2) is 0 Å². The number of carbonyl (C=O) groups is 1. The molecule has 0 spiro atoms. The van der Waals surface area contributed by atoms with Gasteiger partial charge in [-0.05, 0) is 41.0 Å². The zero-order valence-corrected chi connectivity index (χ0v) is 20.8. The summed E-state index contributed by atoms with van der Waals surface area (Å²) in [5.74, 6) is -0.400. The highest BCUT2D eigenvalue weighted by atomic mass is 35.5. The van der Waals surface area contributed by atoms with Crippen LogP contribution in [-0.4, -0.2) is 22.8 Å². The zero-order chi connectivity index (χ0) is 26.5. The predicted octanol–water partition coefficient (Wildman–Crippen LogP) is 6.37. The number of nitrogens with one attached hydrogen (secondary N) is 1. The van der Waals surface area contributed by atoms with Gasteiger partial charge in [0.05, 0.1) is 39.2 Å². The van der Waals surface area contributed by atoms with E-state index >= 15 is 0 Å². The first kappa shape index (κ1) is 24.9. The summed E-state index contributed by atoms with van der Waals surface area (Å²) in [6, 6.07) is 30.6. The van der Waals surface area contributed by atoms with Crippen LogP contribution in [0.25, 0.3) is 0 Å². The Hall–Kier alpha value is -4.82. The molecule has 1 N–H and O–H groups in total. The molecule has 1 aliphatic heterocycles. The van der Waals surface area contributed by atoms with E-state index in [2.05, 4.69) is 10.5 Å². The summed E-state index contributed by atoms with van der Waals surface area (Å²) in [4.78, 5) is 23.3. The highest BCUT2D eigenvalue weighted by molar-refractivity contribution is 6.33. The summed E-state index contributed by atoms with van der Waals surface area (Å²) in [6.07, 6.45) is 2.14. The molecule has 1 heterocycles. The summed E-state index contributed by atoms with van der Waals surface area (Å²) in [7, 11) is 0. The quantitative estimate of drug-likeness (QED) is 0.173. The average molecular weight is 524 g/mol. The van der Waals surface area contributed by atoms with Crippen molar-refractivity contribution in [2.75, 3.05) is 5.01 Å². The van der Waals surface area contributed by atoms with Gasteiger partial charge in [0.1, 0.15) is 0 Å². The van der Waals surface area contributed by atoms with Gasteiger partial charge < -0.3 is 0 Å². The Morgan fingerprint density at radius 3 is 2.47 bits per heavy atom. The van der Waals surface area contributed by atoms with Crippen LogP contribution in [0.15, 0.2) is 113 Å². The second-order valence-electron chi connectivity index (χ2n) is 8.60. The Bertz CT molecular complexity index is 1540. The lowest BCUT2D eigenvalue weighted by Gasteiger charge is -2.24. The number of nitrogens with zero attached hydrogens (tertiary/aromatic N) is 4. The molecule has 0 saturated carbocycles. The third-order valence-electron chi connectivity index (χ3n) is 6.14. The van der Waals surface area contributed by atoms with Crippen molar-refractivity contribution in [2.24, 2.45) is 10.2 Å². The molecule has 9 heteroatoms. The van der Waals surface area contributed by atoms with Gasteiger partial charge in [-0.2, -0.15) is 10.2 Å². The number of carbonyl (C=O) groups excluding carboxylic acids is 1. The van der Waals surface area contributed by atoms with Crippen molar-refractivity contribution in [2.45, 2.75) is 12.5 Å². The Kier molecular flexibility index (Phi) is 7.24. The molecule has 0 fully saturated rings. The van der Waals surface area contributed by atoms with Gasteiger partial charge >= 0.3 is 0 Å². The van der Waals surface area contributed by atoms with E-state index in [9.17, 15) is 14.9 Å². The van der Waals surface area contributed by atoms with Crippen LogP contribution in [-0.2, 0) is 0 Å². The van der Waals surface area contributed by atoms with Crippen molar-refractivity contribution in [1.82, 2.24) is 5.43 Å². The molecule has 8 nitrogen and oxygen atoms in total. The maximum Gasteiger partial charge on any atom is 0.272 e. The third-order valence-corrected chi connectivity index (χ3v) is 6.47. The number of hydrogen-bond acceptors (Lipinski definition) is 6. The number of nitro benzene ring substituents is 1. The molecule has 0 aliphatic carbocycles.